The zero-order valence-electron chi connectivity index (χ0n) is 11.6. The summed E-state index contributed by atoms with van der Waals surface area (Å²) in [5.41, 5.74) is -1.14. The molecule has 1 amide bonds. The number of carbonyl (C=O) groups excluding carboxylic acids is 1. The molecule has 0 aliphatic heterocycles. The lowest BCUT2D eigenvalue weighted by molar-refractivity contribution is -0.141. The van der Waals surface area contributed by atoms with Gasteiger partial charge in [0.25, 0.3) is 5.91 Å². The average molecular weight is 346 g/mol. The predicted octanol–water partition coefficient (Wildman–Crippen LogP) is 3.23. The number of rotatable bonds is 3. The molecule has 9 heteroatoms. The van der Waals surface area contributed by atoms with Crippen molar-refractivity contribution < 1.29 is 26.6 Å². The zero-order valence-corrected chi connectivity index (χ0v) is 12.5. The molecule has 1 aromatic carbocycles. The van der Waals surface area contributed by atoms with Gasteiger partial charge in [0.05, 0.1) is 21.3 Å². The van der Waals surface area contributed by atoms with E-state index >= 15 is 0 Å². The summed E-state index contributed by atoms with van der Waals surface area (Å²) in [7, 11) is -1.51. The molecular weight excluding hydrogens is 336 g/mol. The van der Waals surface area contributed by atoms with E-state index in [-0.39, 0.29) is 16.1 Å². The standard InChI is InChI=1S/C14H10F4N2O2S/c1-23(22)11-4-3-9(6-10(11)15)20-13(21)8-2-5-12(19-7-8)14(16,17)18/h2-7H,1H3,(H,20,21)/t23-/m0/s1. The van der Waals surface area contributed by atoms with E-state index in [1.165, 1.54) is 18.4 Å². The maximum atomic E-state index is 13.7. The van der Waals surface area contributed by atoms with Crippen LogP contribution in [0.15, 0.2) is 41.4 Å². The molecule has 2 aromatic rings. The first-order valence-corrected chi connectivity index (χ1v) is 7.72. The van der Waals surface area contributed by atoms with Gasteiger partial charge in [-0.3, -0.25) is 14.0 Å². The van der Waals surface area contributed by atoms with Crippen molar-refractivity contribution >= 4 is 22.4 Å². The second-order valence-corrected chi connectivity index (χ2v) is 5.83. The van der Waals surface area contributed by atoms with Crippen molar-refractivity contribution in [2.24, 2.45) is 0 Å². The Morgan fingerprint density at radius 3 is 2.39 bits per heavy atom. The van der Waals surface area contributed by atoms with Crippen LogP contribution >= 0.6 is 0 Å². The highest BCUT2D eigenvalue weighted by Crippen LogP contribution is 2.27. The first kappa shape index (κ1) is 17.1. The van der Waals surface area contributed by atoms with Crippen LogP contribution in [0.5, 0.6) is 0 Å². The quantitative estimate of drug-likeness (QED) is 0.868. The number of amides is 1. The second kappa shape index (κ2) is 6.45. The highest BCUT2D eigenvalue weighted by atomic mass is 32.2. The molecule has 23 heavy (non-hydrogen) atoms. The SMILES string of the molecule is C[S@](=O)c1ccc(NC(=O)c2ccc(C(F)(F)F)nc2)cc1F. The topological polar surface area (TPSA) is 59.1 Å². The lowest BCUT2D eigenvalue weighted by Gasteiger charge is -2.08. The van der Waals surface area contributed by atoms with Crippen LogP contribution in [-0.2, 0) is 17.0 Å². The van der Waals surface area contributed by atoms with Crippen molar-refractivity contribution in [3.8, 4) is 0 Å². The highest BCUT2D eigenvalue weighted by molar-refractivity contribution is 7.84. The van der Waals surface area contributed by atoms with Crippen LogP contribution in [0, 0.1) is 5.82 Å². The molecule has 0 saturated carbocycles. The molecular formula is C14H10F4N2O2S. The van der Waals surface area contributed by atoms with E-state index in [1.54, 1.807) is 0 Å². The maximum Gasteiger partial charge on any atom is 0.433 e. The number of hydrogen-bond donors (Lipinski definition) is 1. The molecule has 0 unspecified atom stereocenters. The molecule has 0 spiro atoms. The number of benzene rings is 1. The van der Waals surface area contributed by atoms with Crippen LogP contribution in [0.25, 0.3) is 0 Å². The van der Waals surface area contributed by atoms with Gasteiger partial charge in [-0.1, -0.05) is 0 Å². The van der Waals surface area contributed by atoms with Crippen molar-refractivity contribution in [3.05, 3.63) is 53.6 Å². The summed E-state index contributed by atoms with van der Waals surface area (Å²) < 4.78 is 62.0. The molecule has 1 heterocycles. The third-order valence-corrected chi connectivity index (χ3v) is 3.77. The molecule has 0 aliphatic carbocycles. The van der Waals surface area contributed by atoms with E-state index in [2.05, 4.69) is 10.3 Å². The molecule has 1 atom stereocenters. The second-order valence-electron chi connectivity index (χ2n) is 4.48. The maximum absolute atomic E-state index is 13.7. The van der Waals surface area contributed by atoms with Crippen molar-refractivity contribution in [2.75, 3.05) is 11.6 Å². The molecule has 1 aromatic heterocycles. The molecule has 0 bridgehead atoms. The van der Waals surface area contributed by atoms with E-state index in [1.807, 2.05) is 0 Å². The Bertz CT molecular complexity index is 760. The Morgan fingerprint density at radius 2 is 1.91 bits per heavy atom. The summed E-state index contributed by atoms with van der Waals surface area (Å²) in [6, 6.07) is 5.23. The van der Waals surface area contributed by atoms with Gasteiger partial charge in [0.15, 0.2) is 0 Å². The zero-order chi connectivity index (χ0) is 17.2. The fourth-order valence-electron chi connectivity index (χ4n) is 1.71. The molecule has 1 N–H and O–H groups in total. The van der Waals surface area contributed by atoms with Crippen LogP contribution in [0.3, 0.4) is 0 Å². The van der Waals surface area contributed by atoms with E-state index in [0.717, 1.165) is 18.3 Å². The number of carbonyl (C=O) groups is 1. The fourth-order valence-corrected chi connectivity index (χ4v) is 2.30. The number of pyridine rings is 1. The summed E-state index contributed by atoms with van der Waals surface area (Å²) in [6.45, 7) is 0. The molecule has 122 valence electrons. The minimum absolute atomic E-state index is 0.0146. The first-order chi connectivity index (χ1) is 10.7. The third kappa shape index (κ3) is 4.13. The Hall–Kier alpha value is -2.29. The number of halogens is 4. The normalized spacial score (nSPS) is 12.7. The van der Waals surface area contributed by atoms with Gasteiger partial charge in [-0.15, -0.1) is 0 Å². The molecule has 0 fully saturated rings. The van der Waals surface area contributed by atoms with E-state index in [4.69, 9.17) is 0 Å². The van der Waals surface area contributed by atoms with Gasteiger partial charge < -0.3 is 5.32 Å². The molecule has 2 rings (SSSR count). The number of aromatic nitrogens is 1. The van der Waals surface area contributed by atoms with Crippen LogP contribution in [-0.4, -0.2) is 21.4 Å². The van der Waals surface area contributed by atoms with Crippen molar-refractivity contribution in [2.45, 2.75) is 11.1 Å². The third-order valence-electron chi connectivity index (χ3n) is 2.82. The van der Waals surface area contributed by atoms with Gasteiger partial charge in [-0.05, 0) is 30.3 Å². The molecule has 0 radical (unpaired) electrons. The van der Waals surface area contributed by atoms with Gasteiger partial charge in [0.2, 0.25) is 0 Å². The summed E-state index contributed by atoms with van der Waals surface area (Å²) in [5, 5.41) is 2.32. The molecule has 0 saturated heterocycles. The Labute approximate surface area is 131 Å². The molecule has 4 nitrogen and oxygen atoms in total. The number of anilines is 1. The monoisotopic (exact) mass is 346 g/mol. The van der Waals surface area contributed by atoms with Gasteiger partial charge in [0, 0.05) is 18.1 Å². The molecule has 0 aliphatic rings. The smallest absolute Gasteiger partial charge is 0.322 e. The van der Waals surface area contributed by atoms with Crippen molar-refractivity contribution in [3.63, 3.8) is 0 Å². The van der Waals surface area contributed by atoms with E-state index < -0.39 is 34.4 Å². The minimum atomic E-state index is -4.59. The van der Waals surface area contributed by atoms with Gasteiger partial charge in [-0.2, -0.15) is 13.2 Å². The minimum Gasteiger partial charge on any atom is -0.322 e. The van der Waals surface area contributed by atoms with Crippen LogP contribution in [0.4, 0.5) is 23.2 Å². The van der Waals surface area contributed by atoms with Gasteiger partial charge in [0.1, 0.15) is 11.5 Å². The number of hydrogen-bond acceptors (Lipinski definition) is 3. The van der Waals surface area contributed by atoms with Crippen molar-refractivity contribution in [1.29, 1.82) is 0 Å². The summed E-state index contributed by atoms with van der Waals surface area (Å²) >= 11 is 0. The average Bonchev–Trinajstić information content (AvgIpc) is 2.46. The van der Waals surface area contributed by atoms with E-state index in [9.17, 15) is 26.6 Å². The lowest BCUT2D eigenvalue weighted by Crippen LogP contribution is -2.14. The van der Waals surface area contributed by atoms with Crippen LogP contribution in [0.1, 0.15) is 16.1 Å². The lowest BCUT2D eigenvalue weighted by atomic mass is 10.2. The number of nitrogens with zero attached hydrogens (tertiary/aromatic N) is 1. The Kier molecular flexibility index (Phi) is 4.79. The number of nitrogens with one attached hydrogen (secondary N) is 1. The summed E-state index contributed by atoms with van der Waals surface area (Å²) in [4.78, 5) is 15.0. The fraction of sp³-hybridized carbons (Fsp3) is 0.143. The van der Waals surface area contributed by atoms with Crippen LogP contribution in [0.2, 0.25) is 0 Å². The van der Waals surface area contributed by atoms with Gasteiger partial charge >= 0.3 is 6.18 Å². The van der Waals surface area contributed by atoms with Crippen LogP contribution < -0.4 is 5.32 Å². The summed E-state index contributed by atoms with van der Waals surface area (Å²) in [5.74, 6) is -1.50. The van der Waals surface area contributed by atoms with E-state index in [0.29, 0.717) is 6.07 Å². The predicted molar refractivity (Wildman–Crippen MR) is 75.9 cm³/mol. The highest BCUT2D eigenvalue weighted by Gasteiger charge is 2.32. The number of alkyl halides is 3. The van der Waals surface area contributed by atoms with Crippen molar-refractivity contribution in [1.82, 2.24) is 4.98 Å². The van der Waals surface area contributed by atoms with Gasteiger partial charge in [-0.25, -0.2) is 4.39 Å². The Balaban J connectivity index is 2.16. The first-order valence-electron chi connectivity index (χ1n) is 6.16. The summed E-state index contributed by atoms with van der Waals surface area (Å²) in [6.07, 6.45) is -2.50. The Morgan fingerprint density at radius 1 is 1.22 bits per heavy atom. The largest absolute Gasteiger partial charge is 0.433 e.